The molecule has 6 nitrogen and oxygen atoms in total. The highest BCUT2D eigenvalue weighted by Crippen LogP contribution is 2.14. The highest BCUT2D eigenvalue weighted by Gasteiger charge is 2.12. The van der Waals surface area contributed by atoms with E-state index in [2.05, 4.69) is 0 Å². The third-order valence-electron chi connectivity index (χ3n) is 3.38. The number of carbonyl (C=O) groups is 2. The quantitative estimate of drug-likeness (QED) is 0.320. The van der Waals surface area contributed by atoms with Crippen molar-refractivity contribution in [2.45, 2.75) is 19.4 Å². The Kier molecular flexibility index (Phi) is 6.19. The summed E-state index contributed by atoms with van der Waals surface area (Å²) in [5, 5.41) is 18.5. The summed E-state index contributed by atoms with van der Waals surface area (Å²) >= 11 is 0. The summed E-state index contributed by atoms with van der Waals surface area (Å²) in [6.07, 6.45) is 4.12. The van der Waals surface area contributed by atoms with E-state index in [1.54, 1.807) is 22.9 Å². The Bertz CT molecular complexity index is 718. The van der Waals surface area contributed by atoms with Gasteiger partial charge in [0.15, 0.2) is 0 Å². The molecule has 0 saturated carbocycles. The topological polar surface area (TPSA) is 88.8 Å². The number of carboxylic acid groups (broad SMARTS) is 1. The first-order valence-electron chi connectivity index (χ1n) is 7.59. The second-order valence-corrected chi connectivity index (χ2v) is 5.15. The fraction of sp³-hybridized carbons (Fsp3) is 0.222. The molecule has 1 aromatic carbocycles. The van der Waals surface area contributed by atoms with Gasteiger partial charge in [-0.15, -0.1) is 0 Å². The van der Waals surface area contributed by atoms with Crippen LogP contribution in [0.1, 0.15) is 18.5 Å². The number of rotatable bonds is 9. The number of ether oxygens (including phenoxy) is 1. The van der Waals surface area contributed by atoms with Crippen LogP contribution in [0, 0.1) is 0 Å². The number of aliphatic hydroxyl groups is 1. The normalized spacial score (nSPS) is 11.2. The molecule has 2 N–H and O–H groups in total. The monoisotopic (exact) mass is 329 g/mol. The first-order valence-corrected chi connectivity index (χ1v) is 7.59. The number of benzene rings is 1. The molecule has 0 aliphatic rings. The van der Waals surface area contributed by atoms with Gasteiger partial charge in [0.2, 0.25) is 0 Å². The highest BCUT2D eigenvalue weighted by molar-refractivity contribution is 6.38. The second kappa shape index (κ2) is 8.57. The lowest BCUT2D eigenvalue weighted by molar-refractivity contribution is -0.146. The average molecular weight is 329 g/mol. The average Bonchev–Trinajstić information content (AvgIpc) is 3.04. The Hall–Kier alpha value is -3.02. The molecule has 0 atom stereocenters. The van der Waals surface area contributed by atoms with E-state index in [0.717, 1.165) is 18.6 Å². The third-order valence-corrected chi connectivity index (χ3v) is 3.38. The Labute approximate surface area is 139 Å². The van der Waals surface area contributed by atoms with E-state index in [-0.39, 0.29) is 5.76 Å². The molecule has 0 fully saturated rings. The summed E-state index contributed by atoms with van der Waals surface area (Å²) in [6.45, 7) is 1.21. The molecule has 6 heteroatoms. The predicted molar refractivity (Wildman–Crippen MR) is 88.9 cm³/mol. The number of aliphatic carboxylic acids is 1. The molecule has 1 aromatic heterocycles. The fourth-order valence-electron chi connectivity index (χ4n) is 2.19. The van der Waals surface area contributed by atoms with Crippen molar-refractivity contribution in [1.82, 2.24) is 4.57 Å². The van der Waals surface area contributed by atoms with Gasteiger partial charge in [-0.2, -0.15) is 0 Å². The summed E-state index contributed by atoms with van der Waals surface area (Å²) in [5.41, 5.74) is 0.411. The number of unbranched alkanes of at least 4 members (excludes halogenated alkanes) is 1. The van der Waals surface area contributed by atoms with E-state index >= 15 is 0 Å². The Morgan fingerprint density at radius 2 is 1.79 bits per heavy atom. The van der Waals surface area contributed by atoms with Crippen LogP contribution in [0.2, 0.25) is 0 Å². The van der Waals surface area contributed by atoms with Gasteiger partial charge in [0.25, 0.3) is 5.78 Å². The zero-order chi connectivity index (χ0) is 17.4. The lowest BCUT2D eigenvalue weighted by atomic mass is 10.2. The summed E-state index contributed by atoms with van der Waals surface area (Å²) in [4.78, 5) is 21.7. The van der Waals surface area contributed by atoms with Crippen molar-refractivity contribution in [3.63, 3.8) is 0 Å². The van der Waals surface area contributed by atoms with Crippen LogP contribution in [-0.4, -0.2) is 33.1 Å². The number of nitrogens with zero attached hydrogens (tertiary/aromatic N) is 1. The zero-order valence-corrected chi connectivity index (χ0v) is 13.1. The van der Waals surface area contributed by atoms with Gasteiger partial charge in [-0.05, 0) is 37.1 Å². The third kappa shape index (κ3) is 5.01. The van der Waals surface area contributed by atoms with Crippen LogP contribution in [-0.2, 0) is 16.1 Å². The molecule has 0 aliphatic carbocycles. The molecule has 0 bridgehead atoms. The highest BCUT2D eigenvalue weighted by atomic mass is 16.5. The van der Waals surface area contributed by atoms with Gasteiger partial charge < -0.3 is 19.5 Å². The Morgan fingerprint density at radius 3 is 2.50 bits per heavy atom. The maximum absolute atomic E-state index is 11.1. The van der Waals surface area contributed by atoms with E-state index in [9.17, 15) is 14.7 Å². The number of hydrogen-bond acceptors (Lipinski definition) is 4. The van der Waals surface area contributed by atoms with Crippen molar-refractivity contribution in [3.05, 3.63) is 60.4 Å². The smallest absolute Gasteiger partial charge is 0.376 e. The van der Waals surface area contributed by atoms with Gasteiger partial charge in [-0.25, -0.2) is 4.79 Å². The molecular weight excluding hydrogens is 310 g/mol. The number of hydrogen-bond donors (Lipinski definition) is 2. The van der Waals surface area contributed by atoms with Crippen molar-refractivity contribution in [3.8, 4) is 5.75 Å². The number of aromatic nitrogens is 1. The van der Waals surface area contributed by atoms with Crippen molar-refractivity contribution < 1.29 is 24.5 Å². The molecule has 0 aliphatic heterocycles. The Balaban J connectivity index is 1.83. The van der Waals surface area contributed by atoms with Crippen molar-refractivity contribution in [2.24, 2.45) is 0 Å². The van der Waals surface area contributed by atoms with E-state index < -0.39 is 11.8 Å². The van der Waals surface area contributed by atoms with Crippen LogP contribution in [0.3, 0.4) is 0 Å². The van der Waals surface area contributed by atoms with Crippen molar-refractivity contribution in [1.29, 1.82) is 0 Å². The minimum absolute atomic E-state index is 0.354. The molecular formula is C18H19NO5. The number of carbonyl (C=O) groups excluding carboxylic acids is 1. The number of aliphatic hydroxyl groups excluding tert-OH is 1. The second-order valence-electron chi connectivity index (χ2n) is 5.15. The lowest BCUT2D eigenvalue weighted by Crippen LogP contribution is -2.10. The number of ketones is 1. The van der Waals surface area contributed by atoms with Gasteiger partial charge in [0.05, 0.1) is 12.3 Å². The van der Waals surface area contributed by atoms with Gasteiger partial charge in [-0.3, -0.25) is 4.79 Å². The first kappa shape index (κ1) is 17.3. The van der Waals surface area contributed by atoms with E-state index in [1.807, 2.05) is 30.3 Å². The minimum atomic E-state index is -1.60. The molecule has 0 amide bonds. The molecule has 2 rings (SSSR count). The summed E-state index contributed by atoms with van der Waals surface area (Å²) < 4.78 is 7.37. The predicted octanol–water partition coefficient (Wildman–Crippen LogP) is 2.90. The largest absolute Gasteiger partial charge is 0.506 e. The van der Waals surface area contributed by atoms with E-state index in [1.165, 1.54) is 0 Å². The maximum Gasteiger partial charge on any atom is 0.376 e. The maximum atomic E-state index is 11.1. The van der Waals surface area contributed by atoms with Crippen LogP contribution in [0.15, 0.2) is 54.7 Å². The molecule has 0 spiro atoms. The van der Waals surface area contributed by atoms with Gasteiger partial charge in [0, 0.05) is 18.8 Å². The standard InChI is InChI=1S/C18H19NO5/c20-16(13-17(21)18(22)23)15-9-6-11-19(15)10-4-5-12-24-14-7-2-1-3-8-14/h1-3,6-9,11,13,20H,4-5,10,12H2,(H,22,23). The zero-order valence-electron chi connectivity index (χ0n) is 13.1. The molecule has 0 unspecified atom stereocenters. The van der Waals surface area contributed by atoms with Gasteiger partial charge in [0.1, 0.15) is 11.5 Å². The van der Waals surface area contributed by atoms with Gasteiger partial charge in [-0.1, -0.05) is 18.2 Å². The fourth-order valence-corrected chi connectivity index (χ4v) is 2.19. The first-order chi connectivity index (χ1) is 11.6. The van der Waals surface area contributed by atoms with E-state index in [4.69, 9.17) is 9.84 Å². The van der Waals surface area contributed by atoms with Gasteiger partial charge >= 0.3 is 5.97 Å². The van der Waals surface area contributed by atoms with Crippen LogP contribution in [0.25, 0.3) is 5.76 Å². The molecule has 0 saturated heterocycles. The van der Waals surface area contributed by atoms with Crippen molar-refractivity contribution in [2.75, 3.05) is 6.61 Å². The molecule has 0 radical (unpaired) electrons. The Morgan fingerprint density at radius 1 is 1.04 bits per heavy atom. The molecule has 126 valence electrons. The van der Waals surface area contributed by atoms with Crippen LogP contribution in [0.5, 0.6) is 5.75 Å². The van der Waals surface area contributed by atoms with Crippen LogP contribution >= 0.6 is 0 Å². The summed E-state index contributed by atoms with van der Waals surface area (Å²) in [7, 11) is 0. The summed E-state index contributed by atoms with van der Waals surface area (Å²) in [6, 6.07) is 12.9. The summed E-state index contributed by atoms with van der Waals surface area (Å²) in [5.74, 6) is -2.28. The number of aryl methyl sites for hydroxylation is 1. The van der Waals surface area contributed by atoms with Crippen LogP contribution < -0.4 is 4.74 Å². The molecule has 2 aromatic rings. The van der Waals surface area contributed by atoms with E-state index in [0.29, 0.717) is 24.9 Å². The minimum Gasteiger partial charge on any atom is -0.506 e. The number of para-hydroxylation sites is 1. The SMILES string of the molecule is O=C(O)C(=O)C=C(O)c1cccn1CCCCOc1ccccc1. The molecule has 24 heavy (non-hydrogen) atoms. The lowest BCUT2D eigenvalue weighted by Gasteiger charge is -2.09. The molecule has 1 heterocycles. The van der Waals surface area contributed by atoms with Crippen molar-refractivity contribution >= 4 is 17.5 Å². The number of carboxylic acids is 1. The van der Waals surface area contributed by atoms with Crippen LogP contribution in [0.4, 0.5) is 0 Å².